The van der Waals surface area contributed by atoms with Gasteiger partial charge in [0.2, 0.25) is 0 Å². The minimum atomic E-state index is 0.259. The Morgan fingerprint density at radius 3 is 2.67 bits per heavy atom. The molecule has 4 nitrogen and oxygen atoms in total. The standard InChI is InChI=1S/C14H22N4/c1-3-10(2)18-14(16)12(9-15)13(17-18)11-7-5-4-6-8-11/h10-11H,3-8,16H2,1-2H3/t10-/m1/s1. The summed E-state index contributed by atoms with van der Waals surface area (Å²) in [5, 5.41) is 14.0. The van der Waals surface area contributed by atoms with Crippen molar-refractivity contribution < 1.29 is 0 Å². The van der Waals surface area contributed by atoms with E-state index in [1.807, 2.05) is 4.68 Å². The molecule has 0 bridgehead atoms. The fraction of sp³-hybridized carbons (Fsp3) is 0.714. The quantitative estimate of drug-likeness (QED) is 0.889. The molecule has 2 rings (SSSR count). The number of aromatic nitrogens is 2. The largest absolute Gasteiger partial charge is 0.383 e. The van der Waals surface area contributed by atoms with Crippen molar-refractivity contribution in [3.8, 4) is 6.07 Å². The predicted octanol–water partition coefficient (Wildman–Crippen LogP) is 3.36. The zero-order chi connectivity index (χ0) is 13.1. The fourth-order valence-corrected chi connectivity index (χ4v) is 2.75. The van der Waals surface area contributed by atoms with Crippen molar-refractivity contribution in [3.05, 3.63) is 11.3 Å². The van der Waals surface area contributed by atoms with Crippen molar-refractivity contribution in [2.75, 3.05) is 5.73 Å². The first kappa shape index (κ1) is 12.9. The van der Waals surface area contributed by atoms with Crippen LogP contribution in [0.25, 0.3) is 0 Å². The van der Waals surface area contributed by atoms with Gasteiger partial charge in [0.05, 0.1) is 11.7 Å². The number of hydrogen-bond acceptors (Lipinski definition) is 3. The third-order valence-electron chi connectivity index (χ3n) is 4.09. The van der Waals surface area contributed by atoms with E-state index in [-0.39, 0.29) is 6.04 Å². The van der Waals surface area contributed by atoms with Crippen molar-refractivity contribution in [1.82, 2.24) is 9.78 Å². The fourth-order valence-electron chi connectivity index (χ4n) is 2.75. The maximum absolute atomic E-state index is 9.31. The molecular formula is C14H22N4. The molecule has 1 aliphatic carbocycles. The molecular weight excluding hydrogens is 224 g/mol. The van der Waals surface area contributed by atoms with Crippen LogP contribution in [0.1, 0.15) is 75.6 Å². The Morgan fingerprint density at radius 1 is 1.44 bits per heavy atom. The van der Waals surface area contributed by atoms with Gasteiger partial charge in [-0.1, -0.05) is 26.2 Å². The second-order valence-corrected chi connectivity index (χ2v) is 5.29. The monoisotopic (exact) mass is 246 g/mol. The van der Waals surface area contributed by atoms with Gasteiger partial charge in [-0.15, -0.1) is 0 Å². The average molecular weight is 246 g/mol. The van der Waals surface area contributed by atoms with Crippen LogP contribution < -0.4 is 5.73 Å². The zero-order valence-corrected chi connectivity index (χ0v) is 11.3. The van der Waals surface area contributed by atoms with Gasteiger partial charge in [-0.3, -0.25) is 0 Å². The van der Waals surface area contributed by atoms with Crippen LogP contribution in [-0.4, -0.2) is 9.78 Å². The Labute approximate surface area is 109 Å². The first-order valence-electron chi connectivity index (χ1n) is 6.97. The molecule has 1 saturated carbocycles. The van der Waals surface area contributed by atoms with Crippen molar-refractivity contribution in [2.24, 2.45) is 0 Å². The van der Waals surface area contributed by atoms with Crippen LogP contribution in [0.4, 0.5) is 5.82 Å². The zero-order valence-electron chi connectivity index (χ0n) is 11.3. The molecule has 0 unspecified atom stereocenters. The topological polar surface area (TPSA) is 67.6 Å². The van der Waals surface area contributed by atoms with E-state index in [4.69, 9.17) is 5.73 Å². The average Bonchev–Trinajstić information content (AvgIpc) is 2.76. The highest BCUT2D eigenvalue weighted by Gasteiger charge is 2.25. The second-order valence-electron chi connectivity index (χ2n) is 5.29. The summed E-state index contributed by atoms with van der Waals surface area (Å²) in [7, 11) is 0. The Balaban J connectivity index is 2.37. The van der Waals surface area contributed by atoms with E-state index >= 15 is 0 Å². The lowest BCUT2D eigenvalue weighted by Gasteiger charge is -2.19. The lowest BCUT2D eigenvalue weighted by molar-refractivity contribution is 0.421. The molecule has 1 heterocycles. The Hall–Kier alpha value is -1.50. The number of nitrogens with zero attached hydrogens (tertiary/aromatic N) is 3. The molecule has 1 aromatic heterocycles. The third-order valence-corrected chi connectivity index (χ3v) is 4.09. The van der Waals surface area contributed by atoms with E-state index in [9.17, 15) is 5.26 Å². The van der Waals surface area contributed by atoms with Crippen LogP contribution in [0.3, 0.4) is 0 Å². The Kier molecular flexibility index (Phi) is 3.90. The summed E-state index contributed by atoms with van der Waals surface area (Å²) < 4.78 is 1.84. The van der Waals surface area contributed by atoms with Crippen LogP contribution in [0, 0.1) is 11.3 Å². The molecule has 0 radical (unpaired) electrons. The van der Waals surface area contributed by atoms with E-state index < -0.39 is 0 Å². The van der Waals surface area contributed by atoms with Gasteiger partial charge in [0.15, 0.2) is 0 Å². The molecule has 0 aromatic carbocycles. The summed E-state index contributed by atoms with van der Waals surface area (Å²) in [6, 6.07) is 2.51. The SMILES string of the molecule is CC[C@@H](C)n1nc(C2CCCCC2)c(C#N)c1N. The molecule has 2 N–H and O–H groups in total. The van der Waals surface area contributed by atoms with E-state index in [0.717, 1.165) is 25.0 Å². The molecule has 1 aromatic rings. The van der Waals surface area contributed by atoms with Gasteiger partial charge >= 0.3 is 0 Å². The molecule has 1 aliphatic rings. The minimum absolute atomic E-state index is 0.259. The number of nitrogens with two attached hydrogens (primary N) is 1. The van der Waals surface area contributed by atoms with E-state index in [1.165, 1.54) is 19.3 Å². The normalized spacial score (nSPS) is 18.5. The summed E-state index contributed by atoms with van der Waals surface area (Å²) in [5.74, 6) is 0.980. The number of nitrogen functional groups attached to an aromatic ring is 1. The van der Waals surface area contributed by atoms with Crippen molar-refractivity contribution >= 4 is 5.82 Å². The highest BCUT2D eigenvalue weighted by Crippen LogP contribution is 2.36. The van der Waals surface area contributed by atoms with Gasteiger partial charge in [0, 0.05) is 5.92 Å². The van der Waals surface area contributed by atoms with Crippen molar-refractivity contribution in [1.29, 1.82) is 5.26 Å². The number of hydrogen-bond donors (Lipinski definition) is 1. The van der Waals surface area contributed by atoms with Crippen molar-refractivity contribution in [3.63, 3.8) is 0 Å². The molecule has 98 valence electrons. The maximum Gasteiger partial charge on any atom is 0.140 e. The van der Waals surface area contributed by atoms with E-state index in [1.54, 1.807) is 0 Å². The minimum Gasteiger partial charge on any atom is -0.383 e. The van der Waals surface area contributed by atoms with Crippen LogP contribution in [-0.2, 0) is 0 Å². The molecule has 1 fully saturated rings. The number of rotatable bonds is 3. The molecule has 0 saturated heterocycles. The highest BCUT2D eigenvalue weighted by molar-refractivity contribution is 5.53. The van der Waals surface area contributed by atoms with Gasteiger partial charge in [0.1, 0.15) is 17.5 Å². The summed E-state index contributed by atoms with van der Waals surface area (Å²) in [6.45, 7) is 4.20. The predicted molar refractivity (Wildman–Crippen MR) is 72.2 cm³/mol. The molecule has 18 heavy (non-hydrogen) atoms. The van der Waals surface area contributed by atoms with Gasteiger partial charge in [-0.05, 0) is 26.2 Å². The molecule has 4 heteroatoms. The number of anilines is 1. The van der Waals surface area contributed by atoms with Crippen LogP contribution in [0.2, 0.25) is 0 Å². The Bertz CT molecular complexity index is 449. The molecule has 0 spiro atoms. The van der Waals surface area contributed by atoms with Gasteiger partial charge in [0.25, 0.3) is 0 Å². The van der Waals surface area contributed by atoms with Crippen LogP contribution >= 0.6 is 0 Å². The molecule has 0 amide bonds. The first-order chi connectivity index (χ1) is 8.69. The first-order valence-corrected chi connectivity index (χ1v) is 6.97. The van der Waals surface area contributed by atoms with Crippen molar-refractivity contribution in [2.45, 2.75) is 64.3 Å². The van der Waals surface area contributed by atoms with Gasteiger partial charge in [-0.25, -0.2) is 4.68 Å². The summed E-state index contributed by atoms with van der Waals surface area (Å²) in [5.41, 5.74) is 7.63. The smallest absolute Gasteiger partial charge is 0.140 e. The molecule has 0 aliphatic heterocycles. The van der Waals surface area contributed by atoms with Crippen LogP contribution in [0.15, 0.2) is 0 Å². The maximum atomic E-state index is 9.31. The summed E-state index contributed by atoms with van der Waals surface area (Å²) >= 11 is 0. The number of nitriles is 1. The Morgan fingerprint density at radius 2 is 2.11 bits per heavy atom. The van der Waals surface area contributed by atoms with Gasteiger partial charge in [-0.2, -0.15) is 10.4 Å². The third kappa shape index (κ3) is 2.22. The second kappa shape index (κ2) is 5.43. The molecule has 1 atom stereocenters. The lowest BCUT2D eigenvalue weighted by atomic mass is 9.85. The highest BCUT2D eigenvalue weighted by atomic mass is 15.3. The van der Waals surface area contributed by atoms with Gasteiger partial charge < -0.3 is 5.73 Å². The van der Waals surface area contributed by atoms with Crippen LogP contribution in [0.5, 0.6) is 0 Å². The lowest BCUT2D eigenvalue weighted by Crippen LogP contribution is -2.10. The summed E-state index contributed by atoms with van der Waals surface area (Å²) in [4.78, 5) is 0. The summed E-state index contributed by atoms with van der Waals surface area (Å²) in [6.07, 6.45) is 7.05. The van der Waals surface area contributed by atoms with E-state index in [2.05, 4.69) is 25.0 Å². The van der Waals surface area contributed by atoms with E-state index in [0.29, 0.717) is 17.3 Å².